The molecule has 0 saturated heterocycles. The summed E-state index contributed by atoms with van der Waals surface area (Å²) in [4.78, 5) is 12.6. The summed E-state index contributed by atoms with van der Waals surface area (Å²) in [5.74, 6) is 0.935. The largest absolute Gasteiger partial charge is 0.496 e. The number of hydrogen-bond acceptors (Lipinski definition) is 3. The van der Waals surface area contributed by atoms with E-state index in [4.69, 9.17) is 9.47 Å². The average molecular weight is 308 g/mol. The first kappa shape index (κ1) is 15.5. The van der Waals surface area contributed by atoms with E-state index in [0.29, 0.717) is 6.61 Å². The SMILES string of the molecule is COCc1cc(C=C2CCc3ccccc3C2=O)ccc1OC. The molecular weight excluding hydrogens is 288 g/mol. The van der Waals surface area contributed by atoms with Gasteiger partial charge in [0.05, 0.1) is 13.7 Å². The molecule has 23 heavy (non-hydrogen) atoms. The highest BCUT2D eigenvalue weighted by Crippen LogP contribution is 2.28. The van der Waals surface area contributed by atoms with Crippen molar-refractivity contribution in [2.45, 2.75) is 19.4 Å². The molecule has 2 aromatic carbocycles. The minimum atomic E-state index is 0.135. The standard InChI is InChI=1S/C20H20O3/c1-22-13-17-12-14(7-10-19(17)23-2)11-16-9-8-15-5-3-4-6-18(15)20(16)21/h3-7,10-12H,8-9,13H2,1-2H3. The maximum atomic E-state index is 12.6. The van der Waals surface area contributed by atoms with Crippen molar-refractivity contribution in [2.24, 2.45) is 0 Å². The summed E-state index contributed by atoms with van der Waals surface area (Å²) in [5, 5.41) is 0. The van der Waals surface area contributed by atoms with Gasteiger partial charge >= 0.3 is 0 Å². The lowest BCUT2D eigenvalue weighted by Gasteiger charge is -2.17. The summed E-state index contributed by atoms with van der Waals surface area (Å²) in [6.45, 7) is 0.483. The van der Waals surface area contributed by atoms with Gasteiger partial charge in [0.15, 0.2) is 5.78 Å². The van der Waals surface area contributed by atoms with E-state index in [0.717, 1.165) is 46.4 Å². The van der Waals surface area contributed by atoms with Gasteiger partial charge in [-0.25, -0.2) is 0 Å². The highest BCUT2D eigenvalue weighted by molar-refractivity contribution is 6.13. The molecule has 0 radical (unpaired) electrons. The van der Waals surface area contributed by atoms with Crippen LogP contribution in [0.15, 0.2) is 48.0 Å². The third-order valence-corrected chi connectivity index (χ3v) is 4.16. The van der Waals surface area contributed by atoms with Crippen LogP contribution in [0.1, 0.15) is 33.5 Å². The van der Waals surface area contributed by atoms with Crippen LogP contribution in [0.25, 0.3) is 6.08 Å². The Kier molecular flexibility index (Phi) is 4.58. The van der Waals surface area contributed by atoms with Crippen LogP contribution >= 0.6 is 0 Å². The molecule has 0 saturated carbocycles. The van der Waals surface area contributed by atoms with E-state index >= 15 is 0 Å². The van der Waals surface area contributed by atoms with Crippen LogP contribution in [0, 0.1) is 0 Å². The third-order valence-electron chi connectivity index (χ3n) is 4.16. The van der Waals surface area contributed by atoms with Crippen molar-refractivity contribution in [3.63, 3.8) is 0 Å². The summed E-state index contributed by atoms with van der Waals surface area (Å²) in [7, 11) is 3.31. The van der Waals surface area contributed by atoms with Crippen LogP contribution in [0.2, 0.25) is 0 Å². The van der Waals surface area contributed by atoms with E-state index in [2.05, 4.69) is 0 Å². The summed E-state index contributed by atoms with van der Waals surface area (Å²) in [6, 6.07) is 13.8. The van der Waals surface area contributed by atoms with Gasteiger partial charge in [-0.1, -0.05) is 30.3 Å². The lowest BCUT2D eigenvalue weighted by Crippen LogP contribution is -2.13. The van der Waals surface area contributed by atoms with Crippen molar-refractivity contribution in [3.05, 3.63) is 70.3 Å². The van der Waals surface area contributed by atoms with Gasteiger partial charge in [0.25, 0.3) is 0 Å². The number of ether oxygens (including phenoxy) is 2. The van der Waals surface area contributed by atoms with Gasteiger partial charge in [-0.15, -0.1) is 0 Å². The molecule has 0 aliphatic heterocycles. The summed E-state index contributed by atoms with van der Waals surface area (Å²) < 4.78 is 10.6. The quantitative estimate of drug-likeness (QED) is 0.799. The number of carbonyl (C=O) groups excluding carboxylic acids is 1. The predicted octanol–water partition coefficient (Wildman–Crippen LogP) is 4.05. The van der Waals surface area contributed by atoms with Crippen molar-refractivity contribution < 1.29 is 14.3 Å². The normalized spacial score (nSPS) is 15.6. The lowest BCUT2D eigenvalue weighted by molar-refractivity contribution is 0.102. The monoisotopic (exact) mass is 308 g/mol. The Balaban J connectivity index is 1.93. The Bertz CT molecular complexity index is 759. The van der Waals surface area contributed by atoms with E-state index in [1.54, 1.807) is 14.2 Å². The van der Waals surface area contributed by atoms with E-state index in [9.17, 15) is 4.79 Å². The van der Waals surface area contributed by atoms with Crippen LogP contribution in [0.5, 0.6) is 5.75 Å². The highest BCUT2D eigenvalue weighted by atomic mass is 16.5. The van der Waals surface area contributed by atoms with Crippen molar-refractivity contribution in [1.29, 1.82) is 0 Å². The van der Waals surface area contributed by atoms with Gasteiger partial charge in [-0.3, -0.25) is 4.79 Å². The number of aryl methyl sites for hydroxylation is 1. The fourth-order valence-electron chi connectivity index (χ4n) is 3.01. The molecule has 3 heteroatoms. The van der Waals surface area contributed by atoms with Crippen LogP contribution in [0.3, 0.4) is 0 Å². The molecule has 3 nitrogen and oxygen atoms in total. The molecule has 0 unspecified atom stereocenters. The first-order valence-corrected chi connectivity index (χ1v) is 7.72. The molecule has 0 fully saturated rings. The second-order valence-electron chi connectivity index (χ2n) is 5.66. The zero-order valence-corrected chi connectivity index (χ0v) is 13.5. The van der Waals surface area contributed by atoms with Gasteiger partial charge in [0, 0.05) is 23.8 Å². The predicted molar refractivity (Wildman–Crippen MR) is 90.8 cm³/mol. The fourth-order valence-corrected chi connectivity index (χ4v) is 3.01. The molecule has 0 heterocycles. The summed E-state index contributed by atoms with van der Waals surface area (Å²) in [6.07, 6.45) is 3.67. The van der Waals surface area contributed by atoms with E-state index in [1.165, 1.54) is 0 Å². The van der Waals surface area contributed by atoms with Gasteiger partial charge in [0.2, 0.25) is 0 Å². The Morgan fingerprint density at radius 2 is 1.91 bits per heavy atom. The van der Waals surface area contributed by atoms with Crippen molar-refractivity contribution in [3.8, 4) is 5.75 Å². The topological polar surface area (TPSA) is 35.5 Å². The molecule has 0 bridgehead atoms. The number of Topliss-reactive ketones (excluding diaryl/α,β-unsaturated/α-hetero) is 1. The first-order valence-electron chi connectivity index (χ1n) is 7.72. The summed E-state index contributed by atoms with van der Waals surface area (Å²) in [5.41, 5.74) is 4.81. The fraction of sp³-hybridized carbons (Fsp3) is 0.250. The highest BCUT2D eigenvalue weighted by Gasteiger charge is 2.21. The van der Waals surface area contributed by atoms with E-state index < -0.39 is 0 Å². The molecule has 0 N–H and O–H groups in total. The molecule has 118 valence electrons. The average Bonchev–Trinajstić information content (AvgIpc) is 2.58. The lowest BCUT2D eigenvalue weighted by atomic mass is 9.86. The summed E-state index contributed by atoms with van der Waals surface area (Å²) >= 11 is 0. The molecule has 2 aromatic rings. The Hall–Kier alpha value is -2.39. The van der Waals surface area contributed by atoms with Crippen molar-refractivity contribution in [2.75, 3.05) is 14.2 Å². The number of ketones is 1. The van der Waals surface area contributed by atoms with Gasteiger partial charge in [-0.2, -0.15) is 0 Å². The van der Waals surface area contributed by atoms with E-state index in [-0.39, 0.29) is 5.78 Å². The number of fused-ring (bicyclic) bond motifs is 1. The van der Waals surface area contributed by atoms with Crippen LogP contribution < -0.4 is 4.74 Å². The number of carbonyl (C=O) groups is 1. The van der Waals surface area contributed by atoms with Crippen LogP contribution in [-0.2, 0) is 17.8 Å². The molecule has 0 spiro atoms. The van der Waals surface area contributed by atoms with Gasteiger partial charge in [0.1, 0.15) is 5.75 Å². The molecule has 0 amide bonds. The zero-order chi connectivity index (χ0) is 16.2. The van der Waals surface area contributed by atoms with Crippen molar-refractivity contribution >= 4 is 11.9 Å². The second-order valence-corrected chi connectivity index (χ2v) is 5.66. The number of allylic oxidation sites excluding steroid dienone is 1. The second kappa shape index (κ2) is 6.80. The third kappa shape index (κ3) is 3.20. The number of benzene rings is 2. The van der Waals surface area contributed by atoms with Gasteiger partial charge in [-0.05, 0) is 42.2 Å². The molecule has 0 aromatic heterocycles. The molecule has 1 aliphatic carbocycles. The molecular formula is C20H20O3. The molecule has 0 atom stereocenters. The maximum Gasteiger partial charge on any atom is 0.189 e. The number of hydrogen-bond donors (Lipinski definition) is 0. The van der Waals surface area contributed by atoms with E-state index in [1.807, 2.05) is 48.5 Å². The maximum absolute atomic E-state index is 12.6. The number of rotatable bonds is 4. The first-order chi connectivity index (χ1) is 11.2. The minimum absolute atomic E-state index is 0.135. The minimum Gasteiger partial charge on any atom is -0.496 e. The zero-order valence-electron chi connectivity index (χ0n) is 13.5. The molecule has 3 rings (SSSR count). The van der Waals surface area contributed by atoms with Crippen LogP contribution in [-0.4, -0.2) is 20.0 Å². The Morgan fingerprint density at radius 3 is 2.70 bits per heavy atom. The smallest absolute Gasteiger partial charge is 0.189 e. The van der Waals surface area contributed by atoms with Crippen LogP contribution in [0.4, 0.5) is 0 Å². The Labute approximate surface area is 136 Å². The molecule has 1 aliphatic rings. The number of methoxy groups -OCH3 is 2. The van der Waals surface area contributed by atoms with Gasteiger partial charge < -0.3 is 9.47 Å². The van der Waals surface area contributed by atoms with Crippen molar-refractivity contribution in [1.82, 2.24) is 0 Å². The Morgan fingerprint density at radius 1 is 1.09 bits per heavy atom.